The standard InChI is InChI=1S/C56H86N2O14/c1-14-16-24-57-53(63)55(58-39(11)59)38(10)69-44(27-45(55)66-13)47-37(9)68-46(28-43(47)65-12)70-49(33(5)18-17-19-40-30-67-51-48(60)36(8)26-42(52(61)62)56(40,51)64)34(6)20-21-41-25-31(3)29-54(71-41)23-22-35(7)50(72-54)32(4)15-2/h17-20,22-23,26,31,33,35,37-38,41-49,51,60,64H,14-16,21,24-25,27-30H2,1-13H3,(H,57,63)(H,58,59)(H,61,62)/b18-17+,34-20+,40-19+,50-32+/t31-,33-,35-,37-,38-,41+,42-,43-,44?,45-,46-,47-,48?,49-,51+,54+,55-,56+/m0/s1. The van der Waals surface area contributed by atoms with Crippen LogP contribution in [-0.4, -0.2) is 139 Å². The summed E-state index contributed by atoms with van der Waals surface area (Å²) in [6, 6.07) is 0. The molecular formula is C56H86N2O14. The molecule has 4 fully saturated rings. The fourth-order valence-corrected chi connectivity index (χ4v) is 12.1. The van der Waals surface area contributed by atoms with Gasteiger partial charge in [-0.15, -0.1) is 0 Å². The first-order valence-corrected chi connectivity index (χ1v) is 26.4. The van der Waals surface area contributed by atoms with E-state index in [1.807, 2.05) is 33.8 Å². The second-order valence-corrected chi connectivity index (χ2v) is 21.5. The lowest BCUT2D eigenvalue weighted by molar-refractivity contribution is -0.275. The quantitative estimate of drug-likeness (QED) is 0.0683. The van der Waals surface area contributed by atoms with E-state index < -0.39 is 83.9 Å². The van der Waals surface area contributed by atoms with Gasteiger partial charge in [0.2, 0.25) is 11.7 Å². The van der Waals surface area contributed by atoms with Crippen LogP contribution >= 0.6 is 0 Å². The van der Waals surface area contributed by atoms with E-state index >= 15 is 0 Å². The highest BCUT2D eigenvalue weighted by Crippen LogP contribution is 2.46. The number of fused-ring (bicyclic) bond motifs is 1. The third-order valence-corrected chi connectivity index (χ3v) is 16.2. The summed E-state index contributed by atoms with van der Waals surface area (Å²) in [4.78, 5) is 39.1. The molecule has 72 heavy (non-hydrogen) atoms. The number of hydrogen-bond acceptors (Lipinski definition) is 13. The maximum absolute atomic E-state index is 13.9. The van der Waals surface area contributed by atoms with Crippen LogP contribution in [0.2, 0.25) is 0 Å². The zero-order valence-corrected chi connectivity index (χ0v) is 45.1. The number of carboxylic acids is 1. The van der Waals surface area contributed by atoms with Crippen molar-refractivity contribution in [2.24, 2.45) is 29.6 Å². The Morgan fingerprint density at radius 3 is 2.42 bits per heavy atom. The number of carbonyl (C=O) groups excluding carboxylic acids is 2. The highest BCUT2D eigenvalue weighted by Gasteiger charge is 2.60. The number of amides is 2. The Morgan fingerprint density at radius 1 is 1.03 bits per heavy atom. The van der Waals surface area contributed by atoms with E-state index in [4.69, 9.17) is 37.9 Å². The van der Waals surface area contributed by atoms with Crippen LogP contribution in [0.4, 0.5) is 0 Å². The lowest BCUT2D eigenvalue weighted by Gasteiger charge is -2.52. The van der Waals surface area contributed by atoms with E-state index in [1.54, 1.807) is 40.2 Å². The van der Waals surface area contributed by atoms with Crippen LogP contribution < -0.4 is 10.6 Å². The maximum Gasteiger partial charge on any atom is 0.313 e. The Balaban J connectivity index is 1.25. The molecule has 0 radical (unpaired) electrons. The zero-order valence-electron chi connectivity index (χ0n) is 45.1. The van der Waals surface area contributed by atoms with Crippen LogP contribution in [0.25, 0.3) is 0 Å². The summed E-state index contributed by atoms with van der Waals surface area (Å²) >= 11 is 0. The summed E-state index contributed by atoms with van der Waals surface area (Å²) in [5.74, 6) is -3.16. The van der Waals surface area contributed by atoms with Crippen molar-refractivity contribution in [3.05, 3.63) is 70.6 Å². The van der Waals surface area contributed by atoms with Gasteiger partial charge in [0.25, 0.3) is 5.91 Å². The molecule has 4 saturated heterocycles. The molecule has 5 aliphatic heterocycles. The molecule has 6 rings (SSSR count). The normalized spacial score (nSPS) is 40.3. The molecule has 5 N–H and O–H groups in total. The molecule has 0 bridgehead atoms. The molecule has 2 unspecified atom stereocenters. The fraction of sp³-hybridized carbons (Fsp3) is 0.732. The predicted molar refractivity (Wildman–Crippen MR) is 271 cm³/mol. The van der Waals surface area contributed by atoms with Gasteiger partial charge in [-0.3, -0.25) is 14.4 Å². The van der Waals surface area contributed by atoms with Gasteiger partial charge in [0, 0.05) is 64.7 Å². The van der Waals surface area contributed by atoms with Crippen LogP contribution in [0.1, 0.15) is 128 Å². The average molecular weight is 1010 g/mol. The first-order chi connectivity index (χ1) is 34.1. The summed E-state index contributed by atoms with van der Waals surface area (Å²) in [6.45, 7) is 21.9. The van der Waals surface area contributed by atoms with Crippen LogP contribution in [0.3, 0.4) is 0 Å². The van der Waals surface area contributed by atoms with E-state index in [-0.39, 0.29) is 48.7 Å². The second-order valence-electron chi connectivity index (χ2n) is 21.5. The van der Waals surface area contributed by atoms with E-state index in [9.17, 15) is 29.7 Å². The van der Waals surface area contributed by atoms with E-state index in [2.05, 4.69) is 56.6 Å². The molecule has 1 aliphatic carbocycles. The number of unbranched alkanes of at least 4 members (excludes halogenated alkanes) is 1. The first-order valence-electron chi connectivity index (χ1n) is 26.4. The lowest BCUT2D eigenvalue weighted by atomic mass is 9.71. The molecule has 2 amide bonds. The molecule has 6 aliphatic rings. The smallest absolute Gasteiger partial charge is 0.313 e. The van der Waals surface area contributed by atoms with E-state index in [0.717, 1.165) is 43.4 Å². The molecule has 0 aromatic rings. The predicted octanol–water partition coefficient (Wildman–Crippen LogP) is 7.15. The Bertz CT molecular complexity index is 2120. The third kappa shape index (κ3) is 12.0. The largest absolute Gasteiger partial charge is 0.481 e. The number of nitrogens with one attached hydrogen (secondary N) is 2. The van der Waals surface area contributed by atoms with Crippen molar-refractivity contribution in [2.75, 3.05) is 27.4 Å². The van der Waals surface area contributed by atoms with Crippen molar-refractivity contribution in [3.63, 3.8) is 0 Å². The number of rotatable bonds is 18. The van der Waals surface area contributed by atoms with Crippen LogP contribution in [0.15, 0.2) is 70.6 Å². The molecule has 404 valence electrons. The number of ether oxygens (including phenoxy) is 8. The molecule has 18 atom stereocenters. The van der Waals surface area contributed by atoms with Gasteiger partial charge in [-0.1, -0.05) is 77.5 Å². The number of methoxy groups -OCH3 is 2. The number of hydrogen-bond donors (Lipinski definition) is 5. The topological polar surface area (TPSA) is 210 Å². The van der Waals surface area contributed by atoms with Crippen molar-refractivity contribution >= 4 is 17.8 Å². The molecule has 5 heterocycles. The number of carboxylic acid groups (broad SMARTS) is 1. The van der Waals surface area contributed by atoms with Gasteiger partial charge in [0.05, 0.1) is 49.3 Å². The van der Waals surface area contributed by atoms with E-state index in [1.165, 1.54) is 18.6 Å². The van der Waals surface area contributed by atoms with Crippen LogP contribution in [-0.2, 0) is 52.3 Å². The van der Waals surface area contributed by atoms with Crippen molar-refractivity contribution in [1.82, 2.24) is 10.6 Å². The molecule has 0 saturated carbocycles. The van der Waals surface area contributed by atoms with Gasteiger partial charge in [0.15, 0.2) is 11.8 Å². The Hall–Kier alpha value is -3.71. The van der Waals surface area contributed by atoms with Gasteiger partial charge < -0.3 is 63.8 Å². The minimum Gasteiger partial charge on any atom is -0.481 e. The molecule has 0 aromatic heterocycles. The van der Waals surface area contributed by atoms with Crippen molar-refractivity contribution in [1.29, 1.82) is 0 Å². The zero-order chi connectivity index (χ0) is 52.9. The molecular weight excluding hydrogens is 925 g/mol. The minimum absolute atomic E-state index is 0.0442. The van der Waals surface area contributed by atoms with E-state index in [0.29, 0.717) is 36.5 Å². The van der Waals surface area contributed by atoms with Gasteiger partial charge in [-0.2, -0.15) is 0 Å². The first kappa shape index (κ1) is 57.6. The summed E-state index contributed by atoms with van der Waals surface area (Å²) in [5, 5.41) is 38.9. The number of aliphatic hydroxyl groups is 2. The highest BCUT2D eigenvalue weighted by molar-refractivity contribution is 5.92. The Kier molecular flexibility index (Phi) is 19.4. The van der Waals surface area contributed by atoms with Gasteiger partial charge in [0.1, 0.15) is 29.5 Å². The lowest BCUT2D eigenvalue weighted by Crippen LogP contribution is -2.75. The molecule has 16 nitrogen and oxygen atoms in total. The second kappa shape index (κ2) is 24.3. The molecule has 0 aromatic carbocycles. The summed E-state index contributed by atoms with van der Waals surface area (Å²) in [6.07, 6.45) is 12.3. The van der Waals surface area contributed by atoms with Gasteiger partial charge in [-0.05, 0) is 94.6 Å². The number of aliphatic carboxylic acids is 1. The van der Waals surface area contributed by atoms with Crippen molar-refractivity contribution in [2.45, 2.75) is 206 Å². The number of aliphatic hydroxyl groups excluding tert-OH is 1. The summed E-state index contributed by atoms with van der Waals surface area (Å²) in [7, 11) is 3.20. The van der Waals surface area contributed by atoms with Crippen molar-refractivity contribution < 1.29 is 67.6 Å². The van der Waals surface area contributed by atoms with Crippen molar-refractivity contribution in [3.8, 4) is 0 Å². The number of carbonyl (C=O) groups is 3. The average Bonchev–Trinajstić information content (AvgIpc) is 3.67. The Labute approximate surface area is 428 Å². The third-order valence-electron chi connectivity index (χ3n) is 16.2. The van der Waals surface area contributed by atoms with Crippen LogP contribution in [0, 0.1) is 29.6 Å². The fourth-order valence-electron chi connectivity index (χ4n) is 12.1. The summed E-state index contributed by atoms with van der Waals surface area (Å²) in [5.41, 5.74) is -0.446. The molecule has 16 heteroatoms. The van der Waals surface area contributed by atoms with Gasteiger partial charge >= 0.3 is 5.97 Å². The van der Waals surface area contributed by atoms with Gasteiger partial charge in [-0.25, -0.2) is 0 Å². The maximum atomic E-state index is 13.9. The SMILES string of the molecule is CCCCNC(=O)[C@]1(NC(C)=O)[C@H](C)OC([C@H]2[C@H](C)O[C@@H](O[C@H](/C(C)=C/C[C@@H]3C[C@H](C)C[C@]4(C=C[C@H](C)/C(=C(/C)CC)O4)O3)[C@@H](C)/C=C/C=C3\CO[C@@H]4C(O)C(C)=C[C@@H](C(=O)O)[C@]34O)C[C@@H]2OC)C[C@@H]1OC. The molecule has 1 spiro atoms. The Morgan fingerprint density at radius 2 is 1.76 bits per heavy atom. The summed E-state index contributed by atoms with van der Waals surface area (Å²) < 4.78 is 52.3. The van der Waals surface area contributed by atoms with Crippen LogP contribution in [0.5, 0.6) is 0 Å². The number of allylic oxidation sites excluding steroid dienone is 4. The minimum atomic E-state index is -1.94. The highest BCUT2D eigenvalue weighted by atomic mass is 16.7. The monoisotopic (exact) mass is 1010 g/mol.